The molecule has 0 aliphatic heterocycles. The van der Waals surface area contributed by atoms with Gasteiger partial charge >= 0.3 is 5.97 Å². The fourth-order valence-corrected chi connectivity index (χ4v) is 0.550. The standard InChI is InChI=1S/C8H12O3/c1-4-5-7(9)6(2)8(10)11-3/h4-5,7,9H,2H2,1,3H3/b5-4+/t7-/m0/s1. The zero-order valence-electron chi connectivity index (χ0n) is 6.70. The number of methoxy groups -OCH3 is 1. The number of ether oxygens (including phenoxy) is 1. The molecule has 0 aromatic rings. The molecule has 0 rings (SSSR count). The smallest absolute Gasteiger partial charge is 0.336 e. The Labute approximate surface area is 66.0 Å². The second-order valence-corrected chi connectivity index (χ2v) is 1.99. The normalized spacial score (nSPS) is 13.0. The lowest BCUT2D eigenvalue weighted by atomic mass is 10.1. The maximum Gasteiger partial charge on any atom is 0.336 e. The van der Waals surface area contributed by atoms with E-state index >= 15 is 0 Å². The van der Waals surface area contributed by atoms with Crippen molar-refractivity contribution in [1.82, 2.24) is 0 Å². The van der Waals surface area contributed by atoms with E-state index in [0.717, 1.165) is 0 Å². The van der Waals surface area contributed by atoms with Crippen LogP contribution in [0.4, 0.5) is 0 Å². The van der Waals surface area contributed by atoms with E-state index in [0.29, 0.717) is 0 Å². The second-order valence-electron chi connectivity index (χ2n) is 1.99. The Morgan fingerprint density at radius 3 is 2.64 bits per heavy atom. The van der Waals surface area contributed by atoms with E-state index in [4.69, 9.17) is 5.11 Å². The van der Waals surface area contributed by atoms with Gasteiger partial charge in [-0.05, 0) is 6.92 Å². The van der Waals surface area contributed by atoms with Gasteiger partial charge < -0.3 is 9.84 Å². The highest BCUT2D eigenvalue weighted by Crippen LogP contribution is 2.02. The van der Waals surface area contributed by atoms with Gasteiger partial charge in [0.25, 0.3) is 0 Å². The molecule has 0 aliphatic rings. The molecule has 0 saturated heterocycles. The van der Waals surface area contributed by atoms with Gasteiger partial charge in [-0.2, -0.15) is 0 Å². The van der Waals surface area contributed by atoms with Crippen LogP contribution in [0.15, 0.2) is 24.3 Å². The maximum absolute atomic E-state index is 10.7. The third-order valence-electron chi connectivity index (χ3n) is 1.18. The summed E-state index contributed by atoms with van der Waals surface area (Å²) in [7, 11) is 1.25. The van der Waals surface area contributed by atoms with E-state index < -0.39 is 12.1 Å². The molecule has 0 unspecified atom stereocenters. The average molecular weight is 156 g/mol. The third kappa shape index (κ3) is 3.00. The van der Waals surface area contributed by atoms with E-state index in [1.807, 2.05) is 0 Å². The van der Waals surface area contributed by atoms with Crippen molar-refractivity contribution >= 4 is 5.97 Å². The van der Waals surface area contributed by atoms with Crippen molar-refractivity contribution < 1.29 is 14.6 Å². The summed E-state index contributed by atoms with van der Waals surface area (Å²) >= 11 is 0. The molecule has 11 heavy (non-hydrogen) atoms. The second kappa shape index (κ2) is 4.68. The largest absolute Gasteiger partial charge is 0.466 e. The summed E-state index contributed by atoms with van der Waals surface area (Å²) in [4.78, 5) is 10.7. The topological polar surface area (TPSA) is 46.5 Å². The van der Waals surface area contributed by atoms with E-state index in [1.165, 1.54) is 13.2 Å². The van der Waals surface area contributed by atoms with E-state index in [-0.39, 0.29) is 5.57 Å². The van der Waals surface area contributed by atoms with Crippen molar-refractivity contribution in [3.8, 4) is 0 Å². The Bertz CT molecular complexity index is 182. The predicted molar refractivity (Wildman–Crippen MR) is 42.0 cm³/mol. The molecule has 0 amide bonds. The van der Waals surface area contributed by atoms with Gasteiger partial charge in [0.1, 0.15) is 6.10 Å². The fraction of sp³-hybridized carbons (Fsp3) is 0.375. The zero-order chi connectivity index (χ0) is 8.85. The van der Waals surface area contributed by atoms with Crippen LogP contribution in [-0.4, -0.2) is 24.3 Å². The van der Waals surface area contributed by atoms with E-state index in [1.54, 1.807) is 13.0 Å². The highest BCUT2D eigenvalue weighted by Gasteiger charge is 2.12. The molecule has 1 N–H and O–H groups in total. The fourth-order valence-electron chi connectivity index (χ4n) is 0.550. The first-order valence-electron chi connectivity index (χ1n) is 3.21. The predicted octanol–water partition coefficient (Wildman–Crippen LogP) is 0.653. The van der Waals surface area contributed by atoms with Crippen LogP contribution in [0.3, 0.4) is 0 Å². The number of esters is 1. The minimum Gasteiger partial charge on any atom is -0.466 e. The summed E-state index contributed by atoms with van der Waals surface area (Å²) in [6.07, 6.45) is 2.16. The molecule has 0 bridgehead atoms. The molecule has 0 aliphatic carbocycles. The molecule has 0 saturated carbocycles. The summed E-state index contributed by atoms with van der Waals surface area (Å²) in [5.41, 5.74) is 0.0469. The lowest BCUT2D eigenvalue weighted by molar-refractivity contribution is -0.136. The van der Waals surface area contributed by atoms with Crippen LogP contribution in [0.25, 0.3) is 0 Å². The first-order valence-corrected chi connectivity index (χ1v) is 3.21. The van der Waals surface area contributed by atoms with Gasteiger partial charge in [-0.3, -0.25) is 0 Å². The molecule has 0 radical (unpaired) electrons. The molecule has 0 fully saturated rings. The van der Waals surface area contributed by atoms with Crippen LogP contribution in [-0.2, 0) is 9.53 Å². The van der Waals surface area contributed by atoms with Crippen LogP contribution in [0.5, 0.6) is 0 Å². The van der Waals surface area contributed by atoms with Crippen molar-refractivity contribution in [3.63, 3.8) is 0 Å². The quantitative estimate of drug-likeness (QED) is 0.371. The first kappa shape index (κ1) is 9.91. The van der Waals surface area contributed by atoms with Crippen LogP contribution in [0.2, 0.25) is 0 Å². The monoisotopic (exact) mass is 156 g/mol. The number of hydrogen-bond donors (Lipinski definition) is 1. The molecule has 3 nitrogen and oxygen atoms in total. The molecule has 62 valence electrons. The van der Waals surface area contributed by atoms with Crippen molar-refractivity contribution in [3.05, 3.63) is 24.3 Å². The molecule has 0 spiro atoms. The Hall–Kier alpha value is -1.09. The third-order valence-corrected chi connectivity index (χ3v) is 1.18. The molecule has 0 aromatic heterocycles. The number of rotatable bonds is 3. The summed E-state index contributed by atoms with van der Waals surface area (Å²) in [6, 6.07) is 0. The van der Waals surface area contributed by atoms with E-state index in [2.05, 4.69) is 11.3 Å². The van der Waals surface area contributed by atoms with Crippen LogP contribution in [0, 0.1) is 0 Å². The summed E-state index contributed by atoms with van der Waals surface area (Å²) in [5.74, 6) is -0.587. The van der Waals surface area contributed by atoms with Crippen molar-refractivity contribution in [2.24, 2.45) is 0 Å². The van der Waals surface area contributed by atoms with Crippen molar-refractivity contribution in [1.29, 1.82) is 0 Å². The number of aliphatic hydroxyl groups is 1. The van der Waals surface area contributed by atoms with Gasteiger partial charge in [0.2, 0.25) is 0 Å². The molecule has 0 aromatic carbocycles. The highest BCUT2D eigenvalue weighted by molar-refractivity contribution is 5.89. The molecule has 0 heterocycles. The van der Waals surface area contributed by atoms with E-state index in [9.17, 15) is 4.79 Å². The lowest BCUT2D eigenvalue weighted by Gasteiger charge is -2.05. The van der Waals surface area contributed by atoms with Crippen LogP contribution >= 0.6 is 0 Å². The highest BCUT2D eigenvalue weighted by atomic mass is 16.5. The first-order chi connectivity index (χ1) is 5.13. The Kier molecular flexibility index (Phi) is 4.22. The Morgan fingerprint density at radius 2 is 2.27 bits per heavy atom. The van der Waals surface area contributed by atoms with Gasteiger partial charge in [-0.25, -0.2) is 4.79 Å². The molecular formula is C8H12O3. The number of carbonyl (C=O) groups excluding carboxylic acids is 1. The molecular weight excluding hydrogens is 144 g/mol. The van der Waals surface area contributed by atoms with Gasteiger partial charge in [-0.1, -0.05) is 18.7 Å². The Morgan fingerprint density at radius 1 is 1.73 bits per heavy atom. The number of allylic oxidation sites excluding steroid dienone is 1. The number of hydrogen-bond acceptors (Lipinski definition) is 3. The summed E-state index contributed by atoms with van der Waals surface area (Å²) in [6.45, 7) is 5.11. The van der Waals surface area contributed by atoms with Crippen molar-refractivity contribution in [2.45, 2.75) is 13.0 Å². The van der Waals surface area contributed by atoms with Gasteiger partial charge in [0.15, 0.2) is 0 Å². The zero-order valence-corrected chi connectivity index (χ0v) is 6.70. The maximum atomic E-state index is 10.7. The minimum absolute atomic E-state index is 0.0469. The lowest BCUT2D eigenvalue weighted by Crippen LogP contribution is -2.15. The van der Waals surface area contributed by atoms with Gasteiger partial charge in [0.05, 0.1) is 12.7 Å². The molecule has 3 heteroatoms. The molecule has 1 atom stereocenters. The summed E-state index contributed by atoms with van der Waals surface area (Å²) < 4.78 is 4.35. The average Bonchev–Trinajstić information content (AvgIpc) is 2.02. The van der Waals surface area contributed by atoms with Crippen molar-refractivity contribution in [2.75, 3.05) is 7.11 Å². The number of aliphatic hydroxyl groups excluding tert-OH is 1. The number of carbonyl (C=O) groups is 1. The van der Waals surface area contributed by atoms with Gasteiger partial charge in [0, 0.05) is 0 Å². The summed E-state index contributed by atoms with van der Waals surface area (Å²) in [5, 5.41) is 9.13. The SMILES string of the molecule is C=C(C(=O)OC)[C@@H](O)/C=C/C. The van der Waals surface area contributed by atoms with Crippen LogP contribution < -0.4 is 0 Å². The minimum atomic E-state index is -0.938. The van der Waals surface area contributed by atoms with Gasteiger partial charge in [-0.15, -0.1) is 0 Å². The van der Waals surface area contributed by atoms with Crippen LogP contribution in [0.1, 0.15) is 6.92 Å². The Balaban J connectivity index is 4.13.